The van der Waals surface area contributed by atoms with Crippen LogP contribution >= 0.6 is 11.8 Å². The third kappa shape index (κ3) is 4.97. The molecule has 0 spiro atoms. The standard InChI is InChI=1S/C18H23N3O3S2/c1-15-2-4-16(5-3-15)25-13-8-19-18-7-6-17(14-20-18)26(22,23)21-9-11-24-12-10-21/h2-7,14H,8-13H2,1H3,(H,19,20)/p+1. The molecule has 3 rings (SSSR count). The molecule has 6 nitrogen and oxygen atoms in total. The third-order valence-corrected chi connectivity index (χ3v) is 7.01. The number of benzene rings is 1. The molecule has 2 aromatic rings. The Hall–Kier alpha value is -1.61. The van der Waals surface area contributed by atoms with Crippen LogP contribution in [-0.4, -0.2) is 51.3 Å². The van der Waals surface area contributed by atoms with E-state index >= 15 is 0 Å². The molecule has 1 aromatic carbocycles. The van der Waals surface area contributed by atoms with E-state index in [2.05, 4.69) is 41.5 Å². The highest BCUT2D eigenvalue weighted by molar-refractivity contribution is 7.99. The van der Waals surface area contributed by atoms with E-state index in [9.17, 15) is 8.42 Å². The van der Waals surface area contributed by atoms with Crippen LogP contribution < -0.4 is 10.3 Å². The first kappa shape index (κ1) is 19.2. The lowest BCUT2D eigenvalue weighted by Gasteiger charge is -2.25. The van der Waals surface area contributed by atoms with Gasteiger partial charge in [0, 0.05) is 29.8 Å². The fraction of sp³-hybridized carbons (Fsp3) is 0.389. The number of aryl methyl sites for hydroxylation is 1. The lowest BCUT2D eigenvalue weighted by molar-refractivity contribution is -0.364. The molecular formula is C18H24N3O3S2+. The van der Waals surface area contributed by atoms with E-state index in [1.165, 1.54) is 14.8 Å². The fourth-order valence-corrected chi connectivity index (χ4v) is 4.75. The SMILES string of the molecule is Cc1ccc(SCCNc2ccc(S(=O)(=O)N3CCOCC3)c[nH+]2)cc1. The maximum Gasteiger partial charge on any atom is 0.272 e. The first-order valence-corrected chi connectivity index (χ1v) is 11.0. The lowest BCUT2D eigenvalue weighted by atomic mass is 10.2. The van der Waals surface area contributed by atoms with Crippen LogP contribution in [-0.2, 0) is 14.8 Å². The summed E-state index contributed by atoms with van der Waals surface area (Å²) in [6.45, 7) is 4.55. The van der Waals surface area contributed by atoms with Crippen LogP contribution in [0.5, 0.6) is 0 Å². The van der Waals surface area contributed by atoms with Crippen molar-refractivity contribution >= 4 is 27.6 Å². The Bertz CT molecular complexity index is 803. The van der Waals surface area contributed by atoms with Gasteiger partial charge in [-0.2, -0.15) is 4.31 Å². The van der Waals surface area contributed by atoms with Gasteiger partial charge in [-0.05, 0) is 25.1 Å². The lowest BCUT2D eigenvalue weighted by Crippen LogP contribution is -2.40. The summed E-state index contributed by atoms with van der Waals surface area (Å²) in [5.41, 5.74) is 1.26. The molecule has 140 valence electrons. The van der Waals surface area contributed by atoms with Crippen LogP contribution in [0.4, 0.5) is 5.82 Å². The highest BCUT2D eigenvalue weighted by Gasteiger charge is 2.27. The summed E-state index contributed by atoms with van der Waals surface area (Å²) in [6.07, 6.45) is 1.54. The second-order valence-corrected chi connectivity index (χ2v) is 9.15. The van der Waals surface area contributed by atoms with E-state index in [1.54, 1.807) is 30.1 Å². The maximum atomic E-state index is 12.6. The quantitative estimate of drug-likeness (QED) is 0.575. The summed E-state index contributed by atoms with van der Waals surface area (Å²) in [4.78, 5) is 4.55. The number of morpholine rings is 1. The summed E-state index contributed by atoms with van der Waals surface area (Å²) >= 11 is 1.78. The average Bonchev–Trinajstić information content (AvgIpc) is 2.68. The highest BCUT2D eigenvalue weighted by atomic mass is 32.2. The van der Waals surface area contributed by atoms with Gasteiger partial charge in [0.2, 0.25) is 10.0 Å². The number of rotatable bonds is 7. The van der Waals surface area contributed by atoms with Crippen LogP contribution in [0, 0.1) is 6.92 Å². The predicted octanol–water partition coefficient (Wildman–Crippen LogP) is 2.03. The van der Waals surface area contributed by atoms with E-state index in [4.69, 9.17) is 4.74 Å². The molecule has 0 radical (unpaired) electrons. The number of sulfonamides is 1. The Kier molecular flexibility index (Phi) is 6.53. The number of H-pyrrole nitrogens is 1. The second kappa shape index (κ2) is 8.85. The molecular weight excluding hydrogens is 370 g/mol. The van der Waals surface area contributed by atoms with Gasteiger partial charge in [-0.15, -0.1) is 11.8 Å². The van der Waals surface area contributed by atoms with Gasteiger partial charge in [0.25, 0.3) is 5.82 Å². The summed E-state index contributed by atoms with van der Waals surface area (Å²) < 4.78 is 31.8. The Labute approximate surface area is 159 Å². The topological polar surface area (TPSA) is 72.8 Å². The van der Waals surface area contributed by atoms with Gasteiger partial charge in [0.1, 0.15) is 11.1 Å². The molecule has 0 aliphatic carbocycles. The second-order valence-electron chi connectivity index (χ2n) is 6.04. The number of thioether (sulfide) groups is 1. The molecule has 1 aliphatic heterocycles. The molecule has 0 saturated carbocycles. The first-order chi connectivity index (χ1) is 12.6. The maximum absolute atomic E-state index is 12.6. The van der Waals surface area contributed by atoms with Crippen molar-refractivity contribution in [1.29, 1.82) is 0 Å². The molecule has 8 heteroatoms. The van der Waals surface area contributed by atoms with Crippen LogP contribution in [0.25, 0.3) is 0 Å². The number of anilines is 1. The van der Waals surface area contributed by atoms with E-state index in [0.717, 1.165) is 18.1 Å². The molecule has 26 heavy (non-hydrogen) atoms. The van der Waals surface area contributed by atoms with Gasteiger partial charge >= 0.3 is 0 Å². The molecule has 0 unspecified atom stereocenters. The molecule has 0 amide bonds. The van der Waals surface area contributed by atoms with Crippen LogP contribution in [0.2, 0.25) is 0 Å². The largest absolute Gasteiger partial charge is 0.379 e. The summed E-state index contributed by atoms with van der Waals surface area (Å²) in [6, 6.07) is 11.9. The smallest absolute Gasteiger partial charge is 0.272 e. The summed E-state index contributed by atoms with van der Waals surface area (Å²) in [5.74, 6) is 1.72. The molecule has 0 bridgehead atoms. The molecule has 1 aliphatic rings. The van der Waals surface area contributed by atoms with Crippen molar-refractivity contribution in [3.63, 3.8) is 0 Å². The van der Waals surface area contributed by atoms with Crippen molar-refractivity contribution in [2.24, 2.45) is 0 Å². The molecule has 2 N–H and O–H groups in total. The van der Waals surface area contributed by atoms with Crippen LogP contribution in [0.3, 0.4) is 0 Å². The number of aromatic nitrogens is 1. The highest BCUT2D eigenvalue weighted by Crippen LogP contribution is 2.18. The molecule has 2 heterocycles. The minimum absolute atomic E-state index is 0.277. The number of ether oxygens (including phenoxy) is 1. The number of aromatic amines is 1. The van der Waals surface area contributed by atoms with Gasteiger partial charge in [0.15, 0.2) is 0 Å². The number of hydrogen-bond acceptors (Lipinski definition) is 5. The van der Waals surface area contributed by atoms with Gasteiger partial charge < -0.3 is 4.74 Å². The number of nitrogens with zero attached hydrogens (tertiary/aromatic N) is 1. The van der Waals surface area contributed by atoms with E-state index < -0.39 is 10.0 Å². The molecule has 0 atom stereocenters. The molecule has 1 fully saturated rings. The number of nitrogens with one attached hydrogen (secondary N) is 2. The van der Waals surface area contributed by atoms with Gasteiger partial charge in [-0.3, -0.25) is 5.32 Å². The number of hydrogen-bond donors (Lipinski definition) is 1. The minimum Gasteiger partial charge on any atom is -0.379 e. The monoisotopic (exact) mass is 394 g/mol. The number of pyridine rings is 1. The molecule has 1 aromatic heterocycles. The van der Waals surface area contributed by atoms with Crippen molar-refractivity contribution < 1.29 is 18.1 Å². The van der Waals surface area contributed by atoms with Crippen molar-refractivity contribution in [2.75, 3.05) is 43.9 Å². The van der Waals surface area contributed by atoms with Gasteiger partial charge in [0.05, 0.1) is 19.8 Å². The summed E-state index contributed by atoms with van der Waals surface area (Å²) in [7, 11) is -3.45. The summed E-state index contributed by atoms with van der Waals surface area (Å²) in [5, 5.41) is 3.28. The van der Waals surface area contributed by atoms with Crippen LogP contribution in [0.15, 0.2) is 52.4 Å². The van der Waals surface area contributed by atoms with E-state index in [0.29, 0.717) is 26.3 Å². The van der Waals surface area contributed by atoms with Crippen molar-refractivity contribution in [2.45, 2.75) is 16.7 Å². The van der Waals surface area contributed by atoms with Crippen molar-refractivity contribution in [3.8, 4) is 0 Å². The normalized spacial score (nSPS) is 15.7. The van der Waals surface area contributed by atoms with Crippen molar-refractivity contribution in [3.05, 3.63) is 48.2 Å². The zero-order chi connectivity index (χ0) is 18.4. The average molecular weight is 395 g/mol. The zero-order valence-corrected chi connectivity index (χ0v) is 16.4. The Balaban J connectivity index is 1.50. The Morgan fingerprint density at radius 1 is 1.15 bits per heavy atom. The molecule has 1 saturated heterocycles. The Morgan fingerprint density at radius 3 is 2.54 bits per heavy atom. The minimum atomic E-state index is -3.45. The van der Waals surface area contributed by atoms with Crippen LogP contribution in [0.1, 0.15) is 5.56 Å². The third-order valence-electron chi connectivity index (χ3n) is 4.10. The zero-order valence-electron chi connectivity index (χ0n) is 14.8. The van der Waals surface area contributed by atoms with Crippen molar-refractivity contribution in [1.82, 2.24) is 4.31 Å². The fourth-order valence-electron chi connectivity index (χ4n) is 2.61. The van der Waals surface area contributed by atoms with Gasteiger partial charge in [-0.25, -0.2) is 13.4 Å². The van der Waals surface area contributed by atoms with E-state index in [-0.39, 0.29) is 4.90 Å². The van der Waals surface area contributed by atoms with E-state index in [1.807, 2.05) is 0 Å². The Morgan fingerprint density at radius 2 is 1.88 bits per heavy atom. The first-order valence-electron chi connectivity index (χ1n) is 8.59. The van der Waals surface area contributed by atoms with Gasteiger partial charge in [-0.1, -0.05) is 17.7 Å². The predicted molar refractivity (Wildman–Crippen MR) is 103 cm³/mol.